The minimum atomic E-state index is -0.390. The highest BCUT2D eigenvalue weighted by atomic mass is 35.5. The largest absolute Gasteiger partial charge is 0.508 e. The molecule has 6 heteroatoms. The first-order valence-electron chi connectivity index (χ1n) is 4.79. The molecule has 1 aliphatic heterocycles. The zero-order valence-corrected chi connectivity index (χ0v) is 9.12. The monoisotopic (exact) mass is 242 g/mol. The molecule has 86 valence electrons. The Morgan fingerprint density at radius 3 is 3.12 bits per heavy atom. The van der Waals surface area contributed by atoms with Crippen LogP contribution in [0.2, 0.25) is 5.02 Å². The lowest BCUT2D eigenvalue weighted by molar-refractivity contribution is -0.125. The lowest BCUT2D eigenvalue weighted by atomic mass is 10.2. The van der Waals surface area contributed by atoms with E-state index in [1.165, 1.54) is 6.07 Å². The van der Waals surface area contributed by atoms with Crippen LogP contribution in [-0.4, -0.2) is 23.7 Å². The van der Waals surface area contributed by atoms with Gasteiger partial charge in [-0.3, -0.25) is 14.9 Å². The van der Waals surface area contributed by atoms with E-state index in [-0.39, 0.29) is 18.3 Å². The Hall–Kier alpha value is -1.30. The van der Waals surface area contributed by atoms with Crippen LogP contribution in [0.5, 0.6) is 5.75 Å². The lowest BCUT2D eigenvalue weighted by Crippen LogP contribution is -2.37. The van der Waals surface area contributed by atoms with E-state index in [4.69, 9.17) is 16.4 Å². The van der Waals surface area contributed by atoms with Crippen molar-refractivity contribution in [3.8, 4) is 5.75 Å². The van der Waals surface area contributed by atoms with Crippen LogP contribution in [-0.2, 0) is 16.2 Å². The third kappa shape index (κ3) is 2.44. The molecule has 0 aromatic heterocycles. The Morgan fingerprint density at radius 2 is 2.44 bits per heavy atom. The summed E-state index contributed by atoms with van der Waals surface area (Å²) in [5.74, 6) is -0.0576. The van der Waals surface area contributed by atoms with Gasteiger partial charge in [-0.25, -0.2) is 5.48 Å². The molecule has 0 bridgehead atoms. The first kappa shape index (κ1) is 11.2. The number of halogens is 1. The van der Waals surface area contributed by atoms with Gasteiger partial charge in [-0.2, -0.15) is 0 Å². The molecule has 1 aromatic carbocycles. The summed E-state index contributed by atoms with van der Waals surface area (Å²) in [6.45, 7) is 0.633. The van der Waals surface area contributed by atoms with E-state index < -0.39 is 6.04 Å². The van der Waals surface area contributed by atoms with Crippen molar-refractivity contribution in [2.75, 3.05) is 6.61 Å². The van der Waals surface area contributed by atoms with E-state index >= 15 is 0 Å². The molecule has 1 atom stereocenters. The Kier molecular flexibility index (Phi) is 3.28. The normalized spacial score (nSPS) is 19.8. The molecule has 1 saturated heterocycles. The van der Waals surface area contributed by atoms with Gasteiger partial charge in [0, 0.05) is 17.1 Å². The minimum Gasteiger partial charge on any atom is -0.508 e. The van der Waals surface area contributed by atoms with E-state index in [1.807, 2.05) is 0 Å². The molecule has 1 unspecified atom stereocenters. The Balaban J connectivity index is 1.98. The fourth-order valence-electron chi connectivity index (χ4n) is 1.42. The predicted molar refractivity (Wildman–Crippen MR) is 57.8 cm³/mol. The predicted octanol–water partition coefficient (Wildman–Crippen LogP) is 0.565. The quantitative estimate of drug-likeness (QED) is 0.725. The van der Waals surface area contributed by atoms with Crippen molar-refractivity contribution in [2.24, 2.45) is 0 Å². The molecule has 0 spiro atoms. The molecule has 0 radical (unpaired) electrons. The Labute approximate surface area is 97.3 Å². The number of aromatic hydroxyl groups is 1. The maximum Gasteiger partial charge on any atom is 0.263 e. The first-order valence-corrected chi connectivity index (χ1v) is 5.17. The second-order valence-corrected chi connectivity index (χ2v) is 3.92. The van der Waals surface area contributed by atoms with Gasteiger partial charge in [0.25, 0.3) is 5.91 Å². The number of hydroxylamine groups is 1. The summed E-state index contributed by atoms with van der Waals surface area (Å²) >= 11 is 5.80. The second-order valence-electron chi connectivity index (χ2n) is 3.48. The SMILES string of the molecule is O=C1NOCC1NCc1cc(Cl)ccc1O. The van der Waals surface area contributed by atoms with Crippen LogP contribution in [0.15, 0.2) is 18.2 Å². The van der Waals surface area contributed by atoms with Crippen molar-refractivity contribution in [3.63, 3.8) is 0 Å². The maximum absolute atomic E-state index is 11.2. The highest BCUT2D eigenvalue weighted by Gasteiger charge is 2.24. The summed E-state index contributed by atoms with van der Waals surface area (Å²) < 4.78 is 0. The summed E-state index contributed by atoms with van der Waals surface area (Å²) in [5.41, 5.74) is 2.89. The minimum absolute atomic E-state index is 0.149. The molecule has 0 saturated carbocycles. The summed E-state index contributed by atoms with van der Waals surface area (Å²) in [7, 11) is 0. The molecule has 2 rings (SSSR count). The van der Waals surface area contributed by atoms with Crippen LogP contribution in [0.3, 0.4) is 0 Å². The van der Waals surface area contributed by atoms with Gasteiger partial charge in [0.05, 0.1) is 6.61 Å². The summed E-state index contributed by atoms with van der Waals surface area (Å²) in [6.07, 6.45) is 0. The summed E-state index contributed by atoms with van der Waals surface area (Å²) in [6, 6.07) is 4.38. The zero-order valence-electron chi connectivity index (χ0n) is 8.37. The van der Waals surface area contributed by atoms with Gasteiger partial charge in [0.2, 0.25) is 0 Å². The van der Waals surface area contributed by atoms with Crippen molar-refractivity contribution >= 4 is 17.5 Å². The van der Waals surface area contributed by atoms with Crippen LogP contribution in [0.4, 0.5) is 0 Å². The molecule has 1 fully saturated rings. The molecule has 1 heterocycles. The van der Waals surface area contributed by atoms with Crippen molar-refractivity contribution in [1.29, 1.82) is 0 Å². The summed E-state index contributed by atoms with van der Waals surface area (Å²) in [5, 5.41) is 13.0. The third-order valence-electron chi connectivity index (χ3n) is 2.32. The number of phenolic OH excluding ortho intramolecular Hbond substituents is 1. The first-order chi connectivity index (χ1) is 7.66. The number of hydrogen-bond donors (Lipinski definition) is 3. The number of rotatable bonds is 3. The van der Waals surface area contributed by atoms with Gasteiger partial charge in [-0.05, 0) is 18.2 Å². The number of phenols is 1. The molecular formula is C10H11ClN2O3. The maximum atomic E-state index is 11.2. The standard InChI is InChI=1S/C10H11ClN2O3/c11-7-1-2-9(14)6(3-7)4-12-8-5-16-13-10(8)15/h1-3,8,12,14H,4-5H2,(H,13,15). The Bertz CT molecular complexity index is 411. The number of nitrogens with one attached hydrogen (secondary N) is 2. The van der Waals surface area contributed by atoms with E-state index in [2.05, 4.69) is 10.8 Å². The van der Waals surface area contributed by atoms with Gasteiger partial charge in [-0.15, -0.1) is 0 Å². The molecule has 5 nitrogen and oxygen atoms in total. The highest BCUT2D eigenvalue weighted by molar-refractivity contribution is 6.30. The van der Waals surface area contributed by atoms with E-state index in [0.29, 0.717) is 17.1 Å². The fraction of sp³-hybridized carbons (Fsp3) is 0.300. The molecule has 1 aliphatic rings. The average Bonchev–Trinajstić information content (AvgIpc) is 2.66. The topological polar surface area (TPSA) is 70.6 Å². The number of carbonyl (C=O) groups is 1. The van der Waals surface area contributed by atoms with Crippen LogP contribution in [0, 0.1) is 0 Å². The molecule has 0 aliphatic carbocycles. The molecule has 16 heavy (non-hydrogen) atoms. The van der Waals surface area contributed by atoms with E-state index in [1.54, 1.807) is 12.1 Å². The van der Waals surface area contributed by atoms with Gasteiger partial charge in [0.15, 0.2) is 0 Å². The zero-order chi connectivity index (χ0) is 11.5. The van der Waals surface area contributed by atoms with Crippen LogP contribution < -0.4 is 10.8 Å². The third-order valence-corrected chi connectivity index (χ3v) is 2.55. The molecular weight excluding hydrogens is 232 g/mol. The lowest BCUT2D eigenvalue weighted by Gasteiger charge is -2.09. The molecule has 3 N–H and O–H groups in total. The van der Waals surface area contributed by atoms with Crippen LogP contribution >= 0.6 is 11.6 Å². The Morgan fingerprint density at radius 1 is 1.62 bits per heavy atom. The van der Waals surface area contributed by atoms with Gasteiger partial charge in [0.1, 0.15) is 11.8 Å². The number of carbonyl (C=O) groups excluding carboxylic acids is 1. The van der Waals surface area contributed by atoms with E-state index in [9.17, 15) is 9.90 Å². The number of amides is 1. The second kappa shape index (κ2) is 4.69. The van der Waals surface area contributed by atoms with Crippen molar-refractivity contribution in [1.82, 2.24) is 10.8 Å². The van der Waals surface area contributed by atoms with E-state index in [0.717, 1.165) is 0 Å². The van der Waals surface area contributed by atoms with Gasteiger partial charge in [-0.1, -0.05) is 11.6 Å². The highest BCUT2D eigenvalue weighted by Crippen LogP contribution is 2.21. The average molecular weight is 243 g/mol. The van der Waals surface area contributed by atoms with Crippen molar-refractivity contribution in [3.05, 3.63) is 28.8 Å². The van der Waals surface area contributed by atoms with Crippen LogP contribution in [0.25, 0.3) is 0 Å². The van der Waals surface area contributed by atoms with Crippen molar-refractivity contribution < 1.29 is 14.7 Å². The fourth-order valence-corrected chi connectivity index (χ4v) is 1.62. The number of hydrogen-bond acceptors (Lipinski definition) is 4. The van der Waals surface area contributed by atoms with Crippen molar-refractivity contribution in [2.45, 2.75) is 12.6 Å². The molecule has 1 amide bonds. The smallest absolute Gasteiger partial charge is 0.263 e. The van der Waals surface area contributed by atoms with Gasteiger partial charge < -0.3 is 5.11 Å². The van der Waals surface area contributed by atoms with Crippen LogP contribution in [0.1, 0.15) is 5.56 Å². The molecule has 1 aromatic rings. The number of benzene rings is 1. The van der Waals surface area contributed by atoms with Gasteiger partial charge >= 0.3 is 0 Å². The summed E-state index contributed by atoms with van der Waals surface area (Å²) in [4.78, 5) is 15.9.